The number of rotatable bonds is 3. The van der Waals surface area contributed by atoms with Crippen molar-refractivity contribution in [3.05, 3.63) is 22.4 Å². The average Bonchev–Trinajstić information content (AvgIpc) is 2.71. The van der Waals surface area contributed by atoms with Crippen LogP contribution >= 0.6 is 11.3 Å². The van der Waals surface area contributed by atoms with Gasteiger partial charge in [-0.25, -0.2) is 0 Å². The molecule has 0 aliphatic heterocycles. The molecule has 1 fully saturated rings. The smallest absolute Gasteiger partial charge is 0.0695 e. The summed E-state index contributed by atoms with van der Waals surface area (Å²) in [4.78, 5) is 1.31. The van der Waals surface area contributed by atoms with Crippen molar-refractivity contribution in [3.8, 4) is 0 Å². The SMILES string of the molecule is CC(O)(Cc1cccs1)C1CCCCC1. The summed E-state index contributed by atoms with van der Waals surface area (Å²) in [5, 5.41) is 12.6. The van der Waals surface area contributed by atoms with Crippen LogP contribution in [-0.4, -0.2) is 10.7 Å². The number of thiophene rings is 1. The first-order chi connectivity index (χ1) is 7.18. The topological polar surface area (TPSA) is 20.2 Å². The molecule has 84 valence electrons. The van der Waals surface area contributed by atoms with Gasteiger partial charge in [-0.05, 0) is 37.1 Å². The molecule has 0 bridgehead atoms. The van der Waals surface area contributed by atoms with E-state index in [0.717, 1.165) is 6.42 Å². The molecular weight excluding hydrogens is 204 g/mol. The predicted molar refractivity (Wildman–Crippen MR) is 65.2 cm³/mol. The fourth-order valence-corrected chi connectivity index (χ4v) is 3.50. The zero-order chi connectivity index (χ0) is 10.7. The Hall–Kier alpha value is -0.340. The average molecular weight is 224 g/mol. The lowest BCUT2D eigenvalue weighted by atomic mass is 9.76. The Kier molecular flexibility index (Phi) is 3.47. The summed E-state index contributed by atoms with van der Waals surface area (Å²) in [7, 11) is 0. The normalized spacial score (nSPS) is 22.5. The van der Waals surface area contributed by atoms with Gasteiger partial charge < -0.3 is 5.11 Å². The number of aliphatic hydroxyl groups is 1. The highest BCUT2D eigenvalue weighted by molar-refractivity contribution is 7.09. The molecule has 1 aromatic rings. The third-order valence-electron chi connectivity index (χ3n) is 3.60. The first kappa shape index (κ1) is 11.2. The highest BCUT2D eigenvalue weighted by Gasteiger charge is 2.32. The van der Waals surface area contributed by atoms with Crippen LogP contribution in [0.2, 0.25) is 0 Å². The first-order valence-electron chi connectivity index (χ1n) is 5.93. The summed E-state index contributed by atoms with van der Waals surface area (Å²) in [6, 6.07) is 4.19. The van der Waals surface area contributed by atoms with Gasteiger partial charge in [0.05, 0.1) is 5.60 Å². The van der Waals surface area contributed by atoms with Crippen LogP contribution in [0.25, 0.3) is 0 Å². The van der Waals surface area contributed by atoms with E-state index in [2.05, 4.69) is 17.5 Å². The van der Waals surface area contributed by atoms with Crippen LogP contribution in [0.15, 0.2) is 17.5 Å². The molecule has 0 radical (unpaired) electrons. The fraction of sp³-hybridized carbons (Fsp3) is 0.692. The lowest BCUT2D eigenvalue weighted by molar-refractivity contribution is -0.0153. The summed E-state index contributed by atoms with van der Waals surface area (Å²) >= 11 is 1.75. The molecule has 0 saturated heterocycles. The van der Waals surface area contributed by atoms with Crippen molar-refractivity contribution in [1.29, 1.82) is 0 Å². The highest BCUT2D eigenvalue weighted by Crippen LogP contribution is 2.35. The number of hydrogen-bond donors (Lipinski definition) is 1. The molecule has 2 rings (SSSR count). The second-order valence-corrected chi connectivity index (χ2v) is 5.98. The molecule has 1 atom stereocenters. The quantitative estimate of drug-likeness (QED) is 0.831. The van der Waals surface area contributed by atoms with Crippen molar-refractivity contribution in [3.63, 3.8) is 0 Å². The van der Waals surface area contributed by atoms with Crippen LogP contribution in [0, 0.1) is 5.92 Å². The largest absolute Gasteiger partial charge is 0.390 e. The van der Waals surface area contributed by atoms with Crippen molar-refractivity contribution in [2.75, 3.05) is 0 Å². The third-order valence-corrected chi connectivity index (χ3v) is 4.47. The fourth-order valence-electron chi connectivity index (χ4n) is 2.63. The minimum Gasteiger partial charge on any atom is -0.390 e. The molecule has 0 spiro atoms. The zero-order valence-electron chi connectivity index (χ0n) is 9.41. The molecule has 0 aromatic carbocycles. The molecule has 1 saturated carbocycles. The molecule has 1 aliphatic carbocycles. The molecule has 1 aromatic heterocycles. The summed E-state index contributed by atoms with van der Waals surface area (Å²) in [6.45, 7) is 2.02. The van der Waals surface area contributed by atoms with E-state index in [0.29, 0.717) is 5.92 Å². The lowest BCUT2D eigenvalue weighted by Gasteiger charge is -2.35. The van der Waals surface area contributed by atoms with Gasteiger partial charge in [-0.2, -0.15) is 0 Å². The molecule has 1 nitrogen and oxygen atoms in total. The Morgan fingerprint density at radius 1 is 1.40 bits per heavy atom. The van der Waals surface area contributed by atoms with E-state index >= 15 is 0 Å². The lowest BCUT2D eigenvalue weighted by Crippen LogP contribution is -2.37. The molecule has 0 amide bonds. The van der Waals surface area contributed by atoms with Crippen LogP contribution in [0.3, 0.4) is 0 Å². The molecule has 1 heterocycles. The molecule has 15 heavy (non-hydrogen) atoms. The molecule has 1 aliphatic rings. The van der Waals surface area contributed by atoms with Crippen LogP contribution in [0.5, 0.6) is 0 Å². The van der Waals surface area contributed by atoms with Crippen LogP contribution in [0.4, 0.5) is 0 Å². The van der Waals surface area contributed by atoms with E-state index in [4.69, 9.17) is 0 Å². The van der Waals surface area contributed by atoms with E-state index in [-0.39, 0.29) is 0 Å². The second-order valence-electron chi connectivity index (χ2n) is 4.95. The van der Waals surface area contributed by atoms with Gasteiger partial charge in [0.2, 0.25) is 0 Å². The summed E-state index contributed by atoms with van der Waals surface area (Å²) in [5.41, 5.74) is -0.495. The van der Waals surface area contributed by atoms with Gasteiger partial charge in [-0.3, -0.25) is 0 Å². The van der Waals surface area contributed by atoms with Gasteiger partial charge in [0, 0.05) is 11.3 Å². The van der Waals surface area contributed by atoms with Crippen molar-refractivity contribution < 1.29 is 5.11 Å². The van der Waals surface area contributed by atoms with Gasteiger partial charge in [0.15, 0.2) is 0 Å². The minimum absolute atomic E-state index is 0.495. The van der Waals surface area contributed by atoms with Gasteiger partial charge in [-0.1, -0.05) is 25.3 Å². The maximum atomic E-state index is 10.5. The van der Waals surface area contributed by atoms with Gasteiger partial charge >= 0.3 is 0 Å². The molecular formula is C13H20OS. The second kappa shape index (κ2) is 4.67. The highest BCUT2D eigenvalue weighted by atomic mass is 32.1. The Balaban J connectivity index is 1.98. The Bertz CT molecular complexity index is 283. The monoisotopic (exact) mass is 224 g/mol. The first-order valence-corrected chi connectivity index (χ1v) is 6.81. The van der Waals surface area contributed by atoms with E-state index in [1.807, 2.05) is 6.92 Å². The van der Waals surface area contributed by atoms with Crippen molar-refractivity contribution >= 4 is 11.3 Å². The Morgan fingerprint density at radius 3 is 2.73 bits per heavy atom. The van der Waals surface area contributed by atoms with E-state index in [9.17, 15) is 5.11 Å². The van der Waals surface area contributed by atoms with Gasteiger partial charge in [-0.15, -0.1) is 11.3 Å². The number of hydrogen-bond acceptors (Lipinski definition) is 2. The van der Waals surface area contributed by atoms with Gasteiger partial charge in [0.25, 0.3) is 0 Å². The van der Waals surface area contributed by atoms with Crippen LogP contribution < -0.4 is 0 Å². The van der Waals surface area contributed by atoms with Crippen molar-refractivity contribution in [2.24, 2.45) is 5.92 Å². The zero-order valence-corrected chi connectivity index (χ0v) is 10.2. The Labute approximate surface area is 96.1 Å². The summed E-state index contributed by atoms with van der Waals surface area (Å²) < 4.78 is 0. The maximum absolute atomic E-state index is 10.5. The molecule has 2 heteroatoms. The third kappa shape index (κ3) is 2.82. The van der Waals surface area contributed by atoms with Crippen LogP contribution in [0.1, 0.15) is 43.9 Å². The van der Waals surface area contributed by atoms with E-state index in [1.165, 1.54) is 37.0 Å². The molecule has 1 unspecified atom stereocenters. The van der Waals surface area contributed by atoms with E-state index in [1.54, 1.807) is 11.3 Å². The van der Waals surface area contributed by atoms with Crippen LogP contribution in [-0.2, 0) is 6.42 Å². The van der Waals surface area contributed by atoms with Crippen molar-refractivity contribution in [1.82, 2.24) is 0 Å². The standard InChI is InChI=1S/C13H20OS/c1-13(14,10-12-8-5-9-15-12)11-6-3-2-4-7-11/h5,8-9,11,14H,2-4,6-7,10H2,1H3. The minimum atomic E-state index is -0.495. The Morgan fingerprint density at radius 2 is 2.13 bits per heavy atom. The predicted octanol–water partition coefficient (Wildman–Crippen LogP) is 3.62. The van der Waals surface area contributed by atoms with E-state index < -0.39 is 5.60 Å². The summed E-state index contributed by atoms with van der Waals surface area (Å²) in [6.07, 6.45) is 7.19. The maximum Gasteiger partial charge on any atom is 0.0695 e. The van der Waals surface area contributed by atoms with Crippen molar-refractivity contribution in [2.45, 2.75) is 51.0 Å². The summed E-state index contributed by atoms with van der Waals surface area (Å²) in [5.74, 6) is 0.508. The van der Waals surface area contributed by atoms with Gasteiger partial charge in [0.1, 0.15) is 0 Å². The molecule has 1 N–H and O–H groups in total.